The molecule has 0 spiro atoms. The molecule has 34 heavy (non-hydrogen) atoms. The van der Waals surface area contributed by atoms with Crippen LogP contribution in [0, 0.1) is 0 Å². The average Bonchev–Trinajstić information content (AvgIpc) is 2.79. The Bertz CT molecular complexity index is 1190. The van der Waals surface area contributed by atoms with Gasteiger partial charge in [0.25, 0.3) is 0 Å². The SMILES string of the molecule is CC(=O)O[C@@H]1[C@@H](O)[C@H](O)[C@@H](Oc2cc3c(O)cc(O)cc3[o+]c2-c2ccc(O)cc2)O[C@H]1CO. The molecule has 0 saturated carbocycles. The standard InChI is InChI=1S/C23H22O11/c1-10(25)31-22-18(9-24)34-23(20(30)19(22)29)33-17-8-14-15(28)6-13(27)7-16(14)32-21(17)11-2-4-12(26)5-3-11/h2-8,18-20,22-24,29-30H,9H2,1H3,(H2-,26,27,28)/p+1/t18-,19-,20-,22-,23-/m0/s1. The second kappa shape index (κ2) is 9.31. The van der Waals surface area contributed by atoms with Crippen LogP contribution >= 0.6 is 0 Å². The van der Waals surface area contributed by atoms with Crippen LogP contribution in [0.25, 0.3) is 22.3 Å². The number of aromatic hydroxyl groups is 3. The predicted molar refractivity (Wildman–Crippen MR) is 115 cm³/mol. The number of fused-ring (bicyclic) bond motifs is 1. The van der Waals surface area contributed by atoms with Crippen molar-refractivity contribution in [2.45, 2.75) is 37.6 Å². The van der Waals surface area contributed by atoms with Crippen LogP contribution in [0.4, 0.5) is 0 Å². The van der Waals surface area contributed by atoms with Crippen LogP contribution in [0.2, 0.25) is 0 Å². The molecule has 3 aromatic rings. The van der Waals surface area contributed by atoms with Crippen LogP contribution in [0.5, 0.6) is 23.0 Å². The van der Waals surface area contributed by atoms with E-state index in [1.54, 1.807) is 0 Å². The monoisotopic (exact) mass is 475 g/mol. The van der Waals surface area contributed by atoms with E-state index in [0.29, 0.717) is 5.56 Å². The maximum Gasteiger partial charge on any atom is 0.402 e. The van der Waals surface area contributed by atoms with Crippen molar-refractivity contribution in [1.82, 2.24) is 0 Å². The van der Waals surface area contributed by atoms with Gasteiger partial charge in [0, 0.05) is 19.1 Å². The van der Waals surface area contributed by atoms with Crippen molar-refractivity contribution >= 4 is 16.9 Å². The van der Waals surface area contributed by atoms with Gasteiger partial charge in [0.1, 0.15) is 40.9 Å². The average molecular weight is 475 g/mol. The number of phenolic OH excluding ortho intramolecular Hbond substituents is 3. The minimum atomic E-state index is -1.69. The lowest BCUT2D eigenvalue weighted by molar-refractivity contribution is -0.281. The number of ether oxygens (including phenoxy) is 3. The molecule has 2 aromatic carbocycles. The first-order chi connectivity index (χ1) is 16.2. The number of phenols is 3. The third-order valence-electron chi connectivity index (χ3n) is 5.31. The first kappa shape index (κ1) is 23.5. The molecule has 11 heteroatoms. The number of aliphatic hydroxyl groups excluding tert-OH is 3. The Morgan fingerprint density at radius 3 is 2.38 bits per heavy atom. The van der Waals surface area contributed by atoms with Gasteiger partial charge in [-0.3, -0.25) is 4.79 Å². The molecule has 1 aromatic heterocycles. The van der Waals surface area contributed by atoms with E-state index >= 15 is 0 Å². The number of hydrogen-bond donors (Lipinski definition) is 6. The lowest BCUT2D eigenvalue weighted by Crippen LogP contribution is -2.61. The molecule has 1 aliphatic rings. The Labute approximate surface area is 192 Å². The second-order valence-electron chi connectivity index (χ2n) is 7.76. The Morgan fingerprint density at radius 2 is 1.74 bits per heavy atom. The minimum Gasteiger partial charge on any atom is -0.508 e. The molecule has 180 valence electrons. The van der Waals surface area contributed by atoms with Crippen molar-refractivity contribution in [2.24, 2.45) is 0 Å². The van der Waals surface area contributed by atoms with Crippen LogP contribution < -0.4 is 4.74 Å². The normalized spacial score (nSPS) is 24.6. The van der Waals surface area contributed by atoms with Crippen LogP contribution in [-0.2, 0) is 14.3 Å². The molecular formula is C23H23O11+. The maximum absolute atomic E-state index is 11.3. The van der Waals surface area contributed by atoms with E-state index < -0.39 is 43.3 Å². The second-order valence-corrected chi connectivity index (χ2v) is 7.76. The van der Waals surface area contributed by atoms with Gasteiger partial charge in [0.15, 0.2) is 6.10 Å². The minimum absolute atomic E-state index is 0.00115. The van der Waals surface area contributed by atoms with Crippen LogP contribution in [0.15, 0.2) is 46.9 Å². The summed E-state index contributed by atoms with van der Waals surface area (Å²) < 4.78 is 22.2. The summed E-state index contributed by atoms with van der Waals surface area (Å²) in [5, 5.41) is 60.6. The van der Waals surface area contributed by atoms with Crippen LogP contribution in [0.1, 0.15) is 6.92 Å². The number of rotatable bonds is 5. The zero-order valence-electron chi connectivity index (χ0n) is 17.9. The van der Waals surface area contributed by atoms with Crippen molar-refractivity contribution in [1.29, 1.82) is 0 Å². The smallest absolute Gasteiger partial charge is 0.402 e. The van der Waals surface area contributed by atoms with Crippen LogP contribution in [0.3, 0.4) is 0 Å². The van der Waals surface area contributed by atoms with Gasteiger partial charge in [-0.1, -0.05) is 0 Å². The van der Waals surface area contributed by atoms with Crippen molar-refractivity contribution in [3.05, 3.63) is 42.5 Å². The number of esters is 1. The highest BCUT2D eigenvalue weighted by atomic mass is 16.7. The molecule has 6 N–H and O–H groups in total. The lowest BCUT2D eigenvalue weighted by Gasteiger charge is -2.40. The van der Waals surface area contributed by atoms with Crippen molar-refractivity contribution in [2.75, 3.05) is 6.61 Å². The molecule has 0 bridgehead atoms. The van der Waals surface area contributed by atoms with Gasteiger partial charge >= 0.3 is 17.3 Å². The summed E-state index contributed by atoms with van der Waals surface area (Å²) in [6, 6.07) is 9.61. The molecule has 0 unspecified atom stereocenters. The van der Waals surface area contributed by atoms with Crippen molar-refractivity contribution in [3.8, 4) is 34.3 Å². The highest BCUT2D eigenvalue weighted by Crippen LogP contribution is 2.40. The van der Waals surface area contributed by atoms with E-state index in [0.717, 1.165) is 13.0 Å². The highest BCUT2D eigenvalue weighted by Gasteiger charge is 2.48. The third kappa shape index (κ3) is 4.54. The Hall–Kier alpha value is -3.64. The molecule has 0 radical (unpaired) electrons. The van der Waals surface area contributed by atoms with Crippen molar-refractivity contribution < 1.29 is 54.1 Å². The van der Waals surface area contributed by atoms with E-state index in [1.165, 1.54) is 36.4 Å². The number of hydrogen-bond acceptors (Lipinski definition) is 10. The molecule has 11 nitrogen and oxygen atoms in total. The van der Waals surface area contributed by atoms with Crippen LogP contribution in [-0.4, -0.2) is 73.9 Å². The molecular weight excluding hydrogens is 452 g/mol. The van der Waals surface area contributed by atoms with Gasteiger partial charge in [-0.25, -0.2) is 4.42 Å². The highest BCUT2D eigenvalue weighted by molar-refractivity contribution is 5.88. The first-order valence-corrected chi connectivity index (χ1v) is 10.3. The fourth-order valence-electron chi connectivity index (χ4n) is 3.70. The van der Waals surface area contributed by atoms with Gasteiger partial charge in [-0.05, 0) is 24.3 Å². The zero-order valence-corrected chi connectivity index (χ0v) is 17.9. The predicted octanol–water partition coefficient (Wildman–Crippen LogP) is 1.25. The summed E-state index contributed by atoms with van der Waals surface area (Å²) in [4.78, 5) is 11.3. The third-order valence-corrected chi connectivity index (χ3v) is 5.31. The molecule has 0 amide bonds. The summed E-state index contributed by atoms with van der Waals surface area (Å²) in [5.74, 6) is -1.23. The fraction of sp³-hybridized carbons (Fsp3) is 0.304. The largest absolute Gasteiger partial charge is 0.508 e. The number of carbonyl (C=O) groups excluding carboxylic acids is 1. The topological polar surface area (TPSA) is 177 Å². The van der Waals surface area contributed by atoms with E-state index in [1.807, 2.05) is 0 Å². The number of carbonyl (C=O) groups is 1. The molecule has 5 atom stereocenters. The fourth-order valence-corrected chi connectivity index (χ4v) is 3.70. The Morgan fingerprint density at radius 1 is 1.03 bits per heavy atom. The Balaban J connectivity index is 1.76. The summed E-state index contributed by atoms with van der Waals surface area (Å²) in [6.45, 7) is 0.468. The molecule has 1 saturated heterocycles. The molecule has 1 fully saturated rings. The Kier molecular flexibility index (Phi) is 6.44. The van der Waals surface area contributed by atoms with Gasteiger partial charge in [-0.15, -0.1) is 0 Å². The first-order valence-electron chi connectivity index (χ1n) is 10.3. The van der Waals surface area contributed by atoms with Gasteiger partial charge in [0.05, 0.1) is 18.2 Å². The maximum atomic E-state index is 11.3. The van der Waals surface area contributed by atoms with Gasteiger partial charge in [0.2, 0.25) is 12.0 Å². The lowest BCUT2D eigenvalue weighted by atomic mass is 9.99. The summed E-state index contributed by atoms with van der Waals surface area (Å²) in [7, 11) is 0. The molecule has 1 aliphatic heterocycles. The summed E-state index contributed by atoms with van der Waals surface area (Å²) in [6.07, 6.45) is -7.39. The van der Waals surface area contributed by atoms with E-state index in [-0.39, 0.29) is 39.7 Å². The molecule has 2 heterocycles. The number of aliphatic hydroxyl groups is 3. The van der Waals surface area contributed by atoms with Crippen molar-refractivity contribution in [3.63, 3.8) is 0 Å². The molecule has 0 aliphatic carbocycles. The van der Waals surface area contributed by atoms with Gasteiger partial charge < -0.3 is 44.8 Å². The van der Waals surface area contributed by atoms with E-state index in [9.17, 15) is 35.4 Å². The molecule has 4 rings (SSSR count). The quantitative estimate of drug-likeness (QED) is 0.231. The number of benzene rings is 2. The zero-order chi connectivity index (χ0) is 24.6. The van der Waals surface area contributed by atoms with E-state index in [4.69, 9.17) is 18.6 Å². The van der Waals surface area contributed by atoms with E-state index in [2.05, 4.69) is 0 Å². The summed E-state index contributed by atoms with van der Waals surface area (Å²) >= 11 is 0. The van der Waals surface area contributed by atoms with Gasteiger partial charge in [-0.2, -0.15) is 0 Å². The summed E-state index contributed by atoms with van der Waals surface area (Å²) in [5.41, 5.74) is 0.543.